The minimum absolute atomic E-state index is 0.100. The number of anilines is 1. The number of thiocarbonyl (C=S) groups is 1. The second-order valence-corrected chi connectivity index (χ2v) is 7.24. The van der Waals surface area contributed by atoms with E-state index in [0.717, 1.165) is 16.7 Å². The van der Waals surface area contributed by atoms with Crippen LogP contribution in [0.2, 0.25) is 0 Å². The van der Waals surface area contributed by atoms with E-state index in [1.165, 1.54) is 25.3 Å². The van der Waals surface area contributed by atoms with Crippen LogP contribution in [-0.2, 0) is 9.59 Å². The van der Waals surface area contributed by atoms with E-state index in [1.807, 2.05) is 0 Å². The highest BCUT2D eigenvalue weighted by Crippen LogP contribution is 2.38. The quantitative estimate of drug-likeness (QED) is 0.565. The topological polar surface area (TPSA) is 76.1 Å². The van der Waals surface area contributed by atoms with Crippen molar-refractivity contribution >= 4 is 51.9 Å². The second-order valence-electron chi connectivity index (χ2n) is 5.56. The van der Waals surface area contributed by atoms with E-state index >= 15 is 0 Å². The minimum atomic E-state index is -1.11. The maximum Gasteiger partial charge on any atom is 0.341 e. The Morgan fingerprint density at radius 1 is 1.29 bits per heavy atom. The molecule has 9 heteroatoms. The molecule has 2 aromatic carbocycles. The van der Waals surface area contributed by atoms with Crippen LogP contribution in [0.5, 0.6) is 11.5 Å². The van der Waals surface area contributed by atoms with E-state index in [0.29, 0.717) is 16.2 Å². The number of carbonyl (C=O) groups is 2. The summed E-state index contributed by atoms with van der Waals surface area (Å²) in [4.78, 5) is 24.9. The van der Waals surface area contributed by atoms with Crippen molar-refractivity contribution in [2.75, 3.05) is 18.6 Å². The van der Waals surface area contributed by atoms with Crippen molar-refractivity contribution in [2.45, 2.75) is 0 Å². The number of thioether (sulfide) groups is 1. The lowest BCUT2D eigenvalue weighted by molar-refractivity contribution is -0.139. The number of hydrogen-bond donors (Lipinski definition) is 1. The normalized spacial score (nSPS) is 15.2. The summed E-state index contributed by atoms with van der Waals surface area (Å²) in [5.74, 6) is -1.49. The molecule has 144 valence electrons. The van der Waals surface area contributed by atoms with Gasteiger partial charge in [-0.3, -0.25) is 9.69 Å². The maximum atomic E-state index is 14.1. The van der Waals surface area contributed by atoms with Gasteiger partial charge in [0.15, 0.2) is 22.4 Å². The van der Waals surface area contributed by atoms with E-state index in [4.69, 9.17) is 26.8 Å². The van der Waals surface area contributed by atoms with Crippen LogP contribution in [0.3, 0.4) is 0 Å². The van der Waals surface area contributed by atoms with Crippen molar-refractivity contribution < 1.29 is 28.6 Å². The Kier molecular flexibility index (Phi) is 5.96. The fraction of sp³-hybridized carbons (Fsp3) is 0.105. The summed E-state index contributed by atoms with van der Waals surface area (Å²) in [6.45, 7) is -0.503. The highest BCUT2D eigenvalue weighted by atomic mass is 32.2. The van der Waals surface area contributed by atoms with Crippen molar-refractivity contribution in [3.8, 4) is 11.5 Å². The largest absolute Gasteiger partial charge is 0.493 e. The molecule has 1 fully saturated rings. The van der Waals surface area contributed by atoms with Crippen LogP contribution < -0.4 is 14.4 Å². The number of para-hydroxylation sites is 1. The zero-order chi connectivity index (χ0) is 20.3. The van der Waals surface area contributed by atoms with Crippen LogP contribution in [0.25, 0.3) is 6.08 Å². The van der Waals surface area contributed by atoms with Gasteiger partial charge in [-0.2, -0.15) is 0 Å². The molecule has 6 nitrogen and oxygen atoms in total. The Labute approximate surface area is 169 Å². The van der Waals surface area contributed by atoms with Gasteiger partial charge in [0, 0.05) is 0 Å². The molecule has 0 spiro atoms. The van der Waals surface area contributed by atoms with Crippen molar-refractivity contribution in [1.82, 2.24) is 0 Å². The molecule has 1 aliphatic rings. The van der Waals surface area contributed by atoms with E-state index in [1.54, 1.807) is 30.3 Å². The van der Waals surface area contributed by atoms with Crippen molar-refractivity contribution in [3.63, 3.8) is 0 Å². The summed E-state index contributed by atoms with van der Waals surface area (Å²) in [5, 5.41) is 8.72. The molecule has 1 heterocycles. The molecule has 1 amide bonds. The molecule has 1 aliphatic heterocycles. The number of carboxylic acid groups (broad SMARTS) is 1. The highest BCUT2D eigenvalue weighted by molar-refractivity contribution is 8.27. The minimum Gasteiger partial charge on any atom is -0.493 e. The van der Waals surface area contributed by atoms with Gasteiger partial charge < -0.3 is 14.6 Å². The number of hydrogen-bond acceptors (Lipinski definition) is 6. The lowest BCUT2D eigenvalue weighted by Gasteiger charge is -2.14. The van der Waals surface area contributed by atoms with Gasteiger partial charge in [0.1, 0.15) is 5.82 Å². The third-order valence-corrected chi connectivity index (χ3v) is 5.03. The van der Waals surface area contributed by atoms with Gasteiger partial charge in [-0.25, -0.2) is 9.18 Å². The number of rotatable bonds is 6. The third-order valence-electron chi connectivity index (χ3n) is 3.72. The summed E-state index contributed by atoms with van der Waals surface area (Å²) in [7, 11) is 1.42. The van der Waals surface area contributed by atoms with Gasteiger partial charge in [0.2, 0.25) is 0 Å². The molecular formula is C19H14FNO5S2. The lowest BCUT2D eigenvalue weighted by atomic mass is 10.2. The molecule has 3 rings (SSSR count). The summed E-state index contributed by atoms with van der Waals surface area (Å²) in [5.41, 5.74) is 0.719. The second kappa shape index (κ2) is 8.41. The van der Waals surface area contributed by atoms with Crippen molar-refractivity contribution in [2.24, 2.45) is 0 Å². The zero-order valence-corrected chi connectivity index (χ0v) is 16.2. The van der Waals surface area contributed by atoms with E-state index in [2.05, 4.69) is 0 Å². The van der Waals surface area contributed by atoms with Crippen LogP contribution in [0.15, 0.2) is 47.4 Å². The molecule has 0 aliphatic carbocycles. The van der Waals surface area contributed by atoms with Crippen LogP contribution in [0, 0.1) is 5.82 Å². The Hall–Kier alpha value is -2.91. The first kappa shape index (κ1) is 19.8. The van der Waals surface area contributed by atoms with Gasteiger partial charge in [0.05, 0.1) is 17.7 Å². The molecule has 0 aromatic heterocycles. The monoisotopic (exact) mass is 419 g/mol. The smallest absolute Gasteiger partial charge is 0.341 e. The Bertz CT molecular complexity index is 992. The number of benzene rings is 2. The van der Waals surface area contributed by atoms with E-state index in [-0.39, 0.29) is 15.8 Å². The molecule has 0 unspecified atom stereocenters. The SMILES string of the molecule is COc1cc(/C=C2/SC(=S)N(c3ccccc3F)C2=O)ccc1OCC(=O)O. The number of carboxylic acids is 1. The Balaban J connectivity index is 1.88. The molecule has 1 saturated heterocycles. The predicted octanol–water partition coefficient (Wildman–Crippen LogP) is 3.70. The summed E-state index contributed by atoms with van der Waals surface area (Å²) in [6.07, 6.45) is 1.60. The van der Waals surface area contributed by atoms with Crippen LogP contribution in [-0.4, -0.2) is 35.0 Å². The lowest BCUT2D eigenvalue weighted by Crippen LogP contribution is -2.28. The van der Waals surface area contributed by atoms with Crippen molar-refractivity contribution in [1.29, 1.82) is 0 Å². The van der Waals surface area contributed by atoms with Crippen molar-refractivity contribution in [3.05, 3.63) is 58.8 Å². The first-order valence-corrected chi connectivity index (χ1v) is 9.18. The van der Waals surface area contributed by atoms with Gasteiger partial charge in [-0.1, -0.05) is 42.2 Å². The predicted molar refractivity (Wildman–Crippen MR) is 108 cm³/mol. The number of halogens is 1. The van der Waals surface area contributed by atoms with Gasteiger partial charge in [-0.05, 0) is 35.9 Å². The maximum absolute atomic E-state index is 14.1. The highest BCUT2D eigenvalue weighted by Gasteiger charge is 2.34. The fourth-order valence-electron chi connectivity index (χ4n) is 2.49. The number of ether oxygens (including phenoxy) is 2. The van der Waals surface area contributed by atoms with Crippen LogP contribution >= 0.6 is 24.0 Å². The molecule has 0 atom stereocenters. The zero-order valence-electron chi connectivity index (χ0n) is 14.5. The van der Waals surface area contributed by atoms with E-state index < -0.39 is 24.3 Å². The molecule has 28 heavy (non-hydrogen) atoms. The van der Waals surface area contributed by atoms with Crippen LogP contribution in [0.1, 0.15) is 5.56 Å². The fourth-order valence-corrected chi connectivity index (χ4v) is 3.78. The number of nitrogens with zero attached hydrogens (tertiary/aromatic N) is 1. The average Bonchev–Trinajstić information content (AvgIpc) is 2.94. The average molecular weight is 419 g/mol. The number of carbonyl (C=O) groups excluding carboxylic acids is 1. The van der Waals surface area contributed by atoms with E-state index in [9.17, 15) is 14.0 Å². The Morgan fingerprint density at radius 3 is 2.71 bits per heavy atom. The number of amides is 1. The number of methoxy groups -OCH3 is 1. The first-order chi connectivity index (χ1) is 13.4. The third kappa shape index (κ3) is 4.15. The molecule has 0 saturated carbocycles. The molecule has 0 radical (unpaired) electrons. The number of aliphatic carboxylic acids is 1. The standard InChI is InChI=1S/C19H14FNO5S2/c1-25-15-8-11(6-7-14(15)26-10-17(22)23)9-16-18(24)21(19(27)28-16)13-5-3-2-4-12(13)20/h2-9H,10H2,1H3,(H,22,23)/b16-9+. The summed E-state index contributed by atoms with van der Waals surface area (Å²) < 4.78 is 24.7. The van der Waals surface area contributed by atoms with Gasteiger partial charge in [-0.15, -0.1) is 0 Å². The molecular weight excluding hydrogens is 405 g/mol. The molecule has 1 N–H and O–H groups in total. The molecule has 0 bridgehead atoms. The summed E-state index contributed by atoms with van der Waals surface area (Å²) in [6, 6.07) is 10.7. The summed E-state index contributed by atoms with van der Waals surface area (Å²) >= 11 is 6.31. The Morgan fingerprint density at radius 2 is 2.04 bits per heavy atom. The molecule has 2 aromatic rings. The first-order valence-electron chi connectivity index (χ1n) is 7.96. The van der Waals surface area contributed by atoms with Crippen LogP contribution in [0.4, 0.5) is 10.1 Å². The van der Waals surface area contributed by atoms with Gasteiger partial charge >= 0.3 is 5.97 Å². The van der Waals surface area contributed by atoms with Gasteiger partial charge in [0.25, 0.3) is 5.91 Å².